The Morgan fingerprint density at radius 1 is 0.962 bits per heavy atom. The number of halogens is 1. The average molecular weight is 513 g/mol. The molecule has 6 nitrogen and oxygen atoms in total. The van der Waals surface area contributed by atoms with Crippen molar-refractivity contribution in [3.8, 4) is 6.07 Å². The first kappa shape index (κ1) is 25.8. The quantitative estimate of drug-likeness (QED) is 0.357. The predicted octanol–water partition coefficient (Wildman–Crippen LogP) is 3.96. The molecule has 0 aliphatic heterocycles. The number of carboxylic acids is 2. The van der Waals surface area contributed by atoms with Gasteiger partial charge in [-0.2, -0.15) is 5.26 Å². The molecule has 0 spiro atoms. The minimum atomic E-state index is -1.01. The van der Waals surface area contributed by atoms with Crippen molar-refractivity contribution in [1.29, 1.82) is 10.5 Å². The maximum absolute atomic E-state index is 10.5. The second-order valence-electron chi connectivity index (χ2n) is 4.72. The fourth-order valence-corrected chi connectivity index (χ4v) is 2.12. The number of aromatic carboxylic acids is 2. The van der Waals surface area contributed by atoms with Crippen LogP contribution >= 0.6 is 22.6 Å². The van der Waals surface area contributed by atoms with Gasteiger partial charge in [0.15, 0.2) is 0 Å². The molecule has 0 aliphatic rings. The van der Waals surface area contributed by atoms with Crippen molar-refractivity contribution in [3.63, 3.8) is 0 Å². The Morgan fingerprint density at radius 2 is 1.38 bits per heavy atom. The molecule has 0 amide bonds. The molecule has 138 valence electrons. The molecule has 2 rings (SSSR count). The summed E-state index contributed by atoms with van der Waals surface area (Å²) >= 11 is 2.12. The van der Waals surface area contributed by atoms with E-state index in [1.807, 2.05) is 19.1 Å². The van der Waals surface area contributed by atoms with Crippen LogP contribution in [0, 0.1) is 40.6 Å². The smallest absolute Gasteiger partial charge is 0.512 e. The molecule has 0 aliphatic carbocycles. The molecule has 8 heteroatoms. The van der Waals surface area contributed by atoms with E-state index < -0.39 is 11.9 Å². The zero-order chi connectivity index (χ0) is 19.6. The largest absolute Gasteiger partial charge is 1.00 e. The number of hydrogen-bond donors (Lipinski definition) is 2. The van der Waals surface area contributed by atoms with Gasteiger partial charge in [-0.1, -0.05) is 12.1 Å². The Morgan fingerprint density at radius 3 is 1.77 bits per heavy atom. The van der Waals surface area contributed by atoms with Crippen molar-refractivity contribution >= 4 is 34.5 Å². The van der Waals surface area contributed by atoms with Crippen LogP contribution in [0.25, 0.3) is 0 Å². The number of hydrogen-bond acceptors (Lipinski definition) is 4. The second kappa shape index (κ2) is 12.9. The van der Waals surface area contributed by atoms with Crippen molar-refractivity contribution < 1.29 is 36.9 Å². The van der Waals surface area contributed by atoms with E-state index >= 15 is 0 Å². The normalized spacial score (nSPS) is 8.31. The average Bonchev–Trinajstić information content (AvgIpc) is 2.59. The fraction of sp³-hybridized carbons (Fsp3) is 0.111. The number of benzene rings is 2. The topological polar surface area (TPSA) is 122 Å². The van der Waals surface area contributed by atoms with Crippen molar-refractivity contribution in [1.82, 2.24) is 0 Å². The summed E-state index contributed by atoms with van der Waals surface area (Å²) in [7, 11) is 0. The van der Waals surface area contributed by atoms with Gasteiger partial charge in [-0.3, -0.25) is 0 Å². The van der Waals surface area contributed by atoms with Crippen LogP contribution in [0.1, 0.15) is 37.4 Å². The van der Waals surface area contributed by atoms with Crippen LogP contribution in [-0.2, 0) is 17.1 Å². The molecular formula is C18H14CuIN2O4. The molecule has 2 N–H and O–H groups in total. The van der Waals surface area contributed by atoms with Gasteiger partial charge < -0.3 is 22.0 Å². The van der Waals surface area contributed by atoms with Crippen molar-refractivity contribution in [2.45, 2.75) is 13.8 Å². The molecule has 0 unspecified atom stereocenters. The number of rotatable bonds is 2. The molecule has 2 aromatic carbocycles. The van der Waals surface area contributed by atoms with Crippen LogP contribution in [0.4, 0.5) is 0 Å². The van der Waals surface area contributed by atoms with Crippen molar-refractivity contribution in [2.75, 3.05) is 0 Å². The van der Waals surface area contributed by atoms with E-state index in [-0.39, 0.29) is 22.6 Å². The number of carboxylic acid groups (broad SMARTS) is 2. The summed E-state index contributed by atoms with van der Waals surface area (Å²) in [5.74, 6) is -1.88. The third-order valence-electron chi connectivity index (χ3n) is 3.02. The first-order valence-electron chi connectivity index (χ1n) is 6.72. The minimum Gasteiger partial charge on any atom is -0.512 e. The van der Waals surface area contributed by atoms with E-state index in [4.69, 9.17) is 27.3 Å². The van der Waals surface area contributed by atoms with Crippen molar-refractivity contribution in [2.24, 2.45) is 0 Å². The molecule has 0 radical (unpaired) electrons. The van der Waals surface area contributed by atoms with Crippen LogP contribution in [0.3, 0.4) is 0 Å². The van der Waals surface area contributed by atoms with E-state index in [1.165, 1.54) is 12.1 Å². The molecule has 0 atom stereocenters. The summed E-state index contributed by atoms with van der Waals surface area (Å²) < 4.78 is 0.988. The predicted molar refractivity (Wildman–Crippen MR) is 98.7 cm³/mol. The molecule has 0 saturated carbocycles. The Kier molecular flexibility index (Phi) is 12.8. The van der Waals surface area contributed by atoms with E-state index in [0.29, 0.717) is 11.1 Å². The van der Waals surface area contributed by atoms with Crippen LogP contribution in [0.15, 0.2) is 36.4 Å². The Balaban J connectivity index is 0. The molecule has 0 saturated heterocycles. The third kappa shape index (κ3) is 8.13. The van der Waals surface area contributed by atoms with Gasteiger partial charge in [0.2, 0.25) is 0 Å². The molecule has 0 bridgehead atoms. The first-order chi connectivity index (χ1) is 11.8. The summed E-state index contributed by atoms with van der Waals surface area (Å²) in [6, 6.07) is 11.5. The van der Waals surface area contributed by atoms with E-state index in [1.54, 1.807) is 25.1 Å². The summed E-state index contributed by atoms with van der Waals surface area (Å²) in [5.41, 5.74) is 2.81. The Bertz CT molecular complexity index is 845. The zero-order valence-corrected chi connectivity index (χ0v) is 16.8. The molecule has 0 heterocycles. The molecule has 2 aromatic rings. The first-order valence-corrected chi connectivity index (χ1v) is 7.80. The van der Waals surface area contributed by atoms with Gasteiger partial charge in [-0.05, 0) is 71.8 Å². The van der Waals surface area contributed by atoms with E-state index in [0.717, 1.165) is 14.7 Å². The van der Waals surface area contributed by atoms with E-state index in [9.17, 15) is 9.59 Å². The van der Waals surface area contributed by atoms with Crippen LogP contribution in [0.2, 0.25) is 0 Å². The van der Waals surface area contributed by atoms with Gasteiger partial charge in [0.05, 0.1) is 22.8 Å². The molecule has 0 aromatic heterocycles. The SMILES string of the molecule is Cc1ccc(C(=O)O)cc1C#N.Cc1ccc(C(=O)O)cc1I.[C-]#N.[Cu+]. The van der Waals surface area contributed by atoms with Gasteiger partial charge in [-0.15, -0.1) is 0 Å². The van der Waals surface area contributed by atoms with Crippen LogP contribution in [0.5, 0.6) is 0 Å². The Hall–Kier alpha value is -2.39. The third-order valence-corrected chi connectivity index (χ3v) is 4.19. The standard InChI is InChI=1S/C9H7NO2.C8H7IO2.CN.Cu/c1-6-2-3-7(9(11)12)4-8(6)5-10;1-5-2-3-6(8(10)11)4-7(5)9;1-2;/h2-4H,1H3,(H,11,12);2-4H,1H3,(H,10,11);;/q;;-1;+1. The Labute approximate surface area is 175 Å². The van der Waals surface area contributed by atoms with Crippen molar-refractivity contribution in [3.05, 3.63) is 74.4 Å². The maximum Gasteiger partial charge on any atom is 1.00 e. The minimum absolute atomic E-state index is 0. The summed E-state index contributed by atoms with van der Waals surface area (Å²) in [5, 5.41) is 32.0. The summed E-state index contributed by atoms with van der Waals surface area (Å²) in [4.78, 5) is 20.9. The summed E-state index contributed by atoms with van der Waals surface area (Å²) in [6.07, 6.45) is 0. The monoisotopic (exact) mass is 512 g/mol. The molecule has 26 heavy (non-hydrogen) atoms. The number of nitriles is 1. The fourth-order valence-electron chi connectivity index (χ4n) is 1.60. The molecular weight excluding hydrogens is 499 g/mol. The van der Waals surface area contributed by atoms with E-state index in [2.05, 4.69) is 22.6 Å². The van der Waals surface area contributed by atoms with Gasteiger partial charge in [-0.25, -0.2) is 9.59 Å². The number of carbonyl (C=O) groups is 2. The summed E-state index contributed by atoms with van der Waals surface area (Å²) in [6.45, 7) is 8.47. The van der Waals surface area contributed by atoms with Crippen LogP contribution < -0.4 is 0 Å². The van der Waals surface area contributed by atoms with Gasteiger partial charge in [0.1, 0.15) is 0 Å². The van der Waals surface area contributed by atoms with Gasteiger partial charge in [0.25, 0.3) is 0 Å². The second-order valence-corrected chi connectivity index (χ2v) is 5.88. The maximum atomic E-state index is 10.5. The zero-order valence-electron chi connectivity index (χ0n) is 13.7. The molecule has 0 fully saturated rings. The number of aryl methyl sites for hydroxylation is 2. The van der Waals surface area contributed by atoms with Crippen LogP contribution in [-0.4, -0.2) is 22.2 Å². The van der Waals surface area contributed by atoms with Gasteiger partial charge >= 0.3 is 29.0 Å². The number of nitrogens with zero attached hydrogens (tertiary/aromatic N) is 2. The van der Waals surface area contributed by atoms with Gasteiger partial charge in [0, 0.05) is 3.57 Å².